The fourth-order valence-electron chi connectivity index (χ4n) is 1.84. The van der Waals surface area contributed by atoms with Gasteiger partial charge in [0.2, 0.25) is 0 Å². The Hall–Kier alpha value is -1.94. The number of hydrogen-bond donors (Lipinski definition) is 1. The van der Waals surface area contributed by atoms with Crippen molar-refractivity contribution in [1.29, 1.82) is 0 Å². The van der Waals surface area contributed by atoms with E-state index >= 15 is 0 Å². The van der Waals surface area contributed by atoms with E-state index in [2.05, 4.69) is 35.4 Å². The van der Waals surface area contributed by atoms with Crippen molar-refractivity contribution < 1.29 is 0 Å². The maximum Gasteiger partial charge on any atom is 0.0904 e. The van der Waals surface area contributed by atoms with E-state index in [-0.39, 0.29) is 0 Å². The van der Waals surface area contributed by atoms with Crippen LogP contribution in [0.2, 0.25) is 0 Å². The van der Waals surface area contributed by atoms with E-state index in [1.807, 2.05) is 37.5 Å². The van der Waals surface area contributed by atoms with Gasteiger partial charge in [0.25, 0.3) is 0 Å². The van der Waals surface area contributed by atoms with Crippen molar-refractivity contribution in [2.45, 2.75) is 13.8 Å². The Morgan fingerprint density at radius 3 is 2.85 bits per heavy atom. The lowest BCUT2D eigenvalue weighted by molar-refractivity contribution is 0.718. The lowest BCUT2D eigenvalue weighted by Crippen LogP contribution is -2.15. The van der Waals surface area contributed by atoms with Crippen LogP contribution in [0.1, 0.15) is 18.3 Å². The molecule has 1 atom stereocenters. The summed E-state index contributed by atoms with van der Waals surface area (Å²) >= 11 is 1.54. The molecule has 1 aromatic heterocycles. The van der Waals surface area contributed by atoms with Crippen molar-refractivity contribution in [1.82, 2.24) is 10.3 Å². The zero-order valence-electron chi connectivity index (χ0n) is 11.9. The second kappa shape index (κ2) is 6.48. The topological polar surface area (TPSA) is 37.3 Å². The van der Waals surface area contributed by atoms with Gasteiger partial charge in [0.15, 0.2) is 0 Å². The van der Waals surface area contributed by atoms with Gasteiger partial charge in [-0.1, -0.05) is 20.1 Å². The second-order valence-electron chi connectivity index (χ2n) is 4.84. The first-order valence-electron chi connectivity index (χ1n) is 6.53. The first-order chi connectivity index (χ1) is 9.54. The smallest absolute Gasteiger partial charge is 0.0904 e. The Labute approximate surface area is 123 Å². The highest BCUT2D eigenvalue weighted by Gasteiger charge is 2.02. The van der Waals surface area contributed by atoms with Crippen LogP contribution in [0.25, 0.3) is 19.2 Å². The predicted octanol–water partition coefficient (Wildman–Crippen LogP) is 2.31. The highest BCUT2D eigenvalue weighted by molar-refractivity contribution is 7.07. The number of aromatic nitrogens is 1. The molecule has 0 fully saturated rings. The minimum atomic E-state index is 0.361. The molecule has 104 valence electrons. The largest absolute Gasteiger partial charge is 0.390 e. The van der Waals surface area contributed by atoms with Crippen molar-refractivity contribution in [3.05, 3.63) is 38.8 Å². The first-order valence-corrected chi connectivity index (χ1v) is 7.35. The zero-order valence-corrected chi connectivity index (χ0v) is 12.7. The van der Waals surface area contributed by atoms with E-state index in [0.717, 1.165) is 32.7 Å². The number of aliphatic imine (C=N–C) groups is 1. The second-order valence-corrected chi connectivity index (χ2v) is 6.10. The molecule has 0 bridgehead atoms. The van der Waals surface area contributed by atoms with Gasteiger partial charge in [-0.2, -0.15) is 0 Å². The Morgan fingerprint density at radius 2 is 2.05 bits per heavy atom. The Bertz CT molecular complexity index is 699. The van der Waals surface area contributed by atoms with Gasteiger partial charge >= 0.3 is 0 Å². The minimum Gasteiger partial charge on any atom is -0.390 e. The van der Waals surface area contributed by atoms with E-state index in [1.54, 1.807) is 0 Å². The summed E-state index contributed by atoms with van der Waals surface area (Å²) in [7, 11) is 0. The molecule has 0 radical (unpaired) electrons. The van der Waals surface area contributed by atoms with Crippen LogP contribution in [0.3, 0.4) is 0 Å². The number of nitrogens with zero attached hydrogens (tertiary/aromatic N) is 2. The number of hydrogen-bond acceptors (Lipinski definition) is 4. The molecule has 3 nitrogen and oxygen atoms in total. The van der Waals surface area contributed by atoms with Gasteiger partial charge < -0.3 is 5.32 Å². The molecule has 1 N–H and O–H groups in total. The molecule has 2 heterocycles. The monoisotopic (exact) mass is 285 g/mol. The molecule has 4 heteroatoms. The van der Waals surface area contributed by atoms with Crippen molar-refractivity contribution >= 4 is 42.5 Å². The average molecular weight is 285 g/mol. The third-order valence-corrected chi connectivity index (χ3v) is 3.52. The van der Waals surface area contributed by atoms with Gasteiger partial charge in [-0.3, -0.25) is 9.98 Å². The molecule has 0 aliphatic carbocycles. The molecule has 1 aromatic rings. The summed E-state index contributed by atoms with van der Waals surface area (Å²) in [6.07, 6.45) is 5.82. The highest BCUT2D eigenvalue weighted by Crippen LogP contribution is 2.16. The highest BCUT2D eigenvalue weighted by atomic mass is 32.1. The lowest BCUT2D eigenvalue weighted by atomic mass is 10.2. The SMILES string of the molecule is C=c1cc(C)nc2c(cc(=C)s1)N=CC(C)CNC=C2. The van der Waals surface area contributed by atoms with Crippen LogP contribution >= 0.6 is 11.3 Å². The van der Waals surface area contributed by atoms with E-state index < -0.39 is 0 Å². The fraction of sp³-hybridized carbons (Fsp3) is 0.250. The third kappa shape index (κ3) is 4.03. The van der Waals surface area contributed by atoms with E-state index in [4.69, 9.17) is 0 Å². The molecular formula is C16H19N3S. The molecule has 1 unspecified atom stereocenters. The summed E-state index contributed by atoms with van der Waals surface area (Å²) < 4.78 is 1.84. The van der Waals surface area contributed by atoms with Gasteiger partial charge in [0.05, 0.1) is 11.4 Å². The number of nitrogens with one attached hydrogen (secondary N) is 1. The molecule has 2 rings (SSSR count). The molecule has 0 aromatic carbocycles. The molecular weight excluding hydrogens is 266 g/mol. The molecule has 20 heavy (non-hydrogen) atoms. The number of aryl methyl sites for hydroxylation is 1. The fourth-order valence-corrected chi connectivity index (χ4v) is 2.58. The van der Waals surface area contributed by atoms with Crippen LogP contribution in [0.15, 0.2) is 23.3 Å². The Balaban J connectivity index is 2.79. The third-order valence-electron chi connectivity index (χ3n) is 2.76. The van der Waals surface area contributed by atoms with Gasteiger partial charge in [0.1, 0.15) is 0 Å². The Kier molecular flexibility index (Phi) is 4.69. The van der Waals surface area contributed by atoms with Crippen LogP contribution in [0.4, 0.5) is 5.69 Å². The average Bonchev–Trinajstić information content (AvgIpc) is 2.46. The van der Waals surface area contributed by atoms with Gasteiger partial charge in [-0.15, -0.1) is 11.3 Å². The van der Waals surface area contributed by atoms with Crippen molar-refractivity contribution in [2.75, 3.05) is 6.54 Å². The van der Waals surface area contributed by atoms with E-state index in [9.17, 15) is 0 Å². The molecule has 0 spiro atoms. The molecule has 1 aliphatic rings. The van der Waals surface area contributed by atoms with Gasteiger partial charge in [0, 0.05) is 33.4 Å². The van der Waals surface area contributed by atoms with Crippen molar-refractivity contribution in [3.8, 4) is 0 Å². The van der Waals surface area contributed by atoms with Crippen LogP contribution in [-0.2, 0) is 0 Å². The van der Waals surface area contributed by atoms with Gasteiger partial charge in [-0.05, 0) is 31.3 Å². The number of rotatable bonds is 0. The summed E-state index contributed by atoms with van der Waals surface area (Å²) in [5, 5.41) is 3.25. The summed E-state index contributed by atoms with van der Waals surface area (Å²) in [5.74, 6) is 0.361. The molecule has 0 saturated carbocycles. The lowest BCUT2D eigenvalue weighted by Gasteiger charge is -2.02. The molecule has 0 amide bonds. The van der Waals surface area contributed by atoms with E-state index in [1.165, 1.54) is 11.3 Å². The molecule has 0 saturated heterocycles. The first kappa shape index (κ1) is 14.5. The normalized spacial score (nSPS) is 17.2. The number of fused-ring (bicyclic) bond motifs is 1. The van der Waals surface area contributed by atoms with Crippen LogP contribution in [0.5, 0.6) is 0 Å². The summed E-state index contributed by atoms with van der Waals surface area (Å²) in [6, 6.07) is 3.92. The standard InChI is InChI=1S/C16H19N3S/c1-11-9-17-6-5-15-16(18-10-11)8-14(4)20-13(3)7-12(2)19-15/h5-8,10-11,17H,3-4,9H2,1-2H3. The minimum absolute atomic E-state index is 0.361. The predicted molar refractivity (Wildman–Crippen MR) is 89.1 cm³/mol. The zero-order chi connectivity index (χ0) is 14.5. The maximum atomic E-state index is 4.62. The van der Waals surface area contributed by atoms with Crippen molar-refractivity contribution in [2.24, 2.45) is 10.9 Å². The Morgan fingerprint density at radius 1 is 1.30 bits per heavy atom. The van der Waals surface area contributed by atoms with Crippen molar-refractivity contribution in [3.63, 3.8) is 0 Å². The van der Waals surface area contributed by atoms with Crippen LogP contribution < -0.4 is 14.4 Å². The van der Waals surface area contributed by atoms with Gasteiger partial charge in [-0.25, -0.2) is 0 Å². The quantitative estimate of drug-likeness (QED) is 0.794. The van der Waals surface area contributed by atoms with Crippen LogP contribution in [-0.4, -0.2) is 17.7 Å². The summed E-state index contributed by atoms with van der Waals surface area (Å²) in [4.78, 5) is 9.21. The van der Waals surface area contributed by atoms with E-state index in [0.29, 0.717) is 5.92 Å². The summed E-state index contributed by atoms with van der Waals surface area (Å²) in [5.41, 5.74) is 2.56. The maximum absolute atomic E-state index is 4.62. The van der Waals surface area contributed by atoms with Crippen LogP contribution in [0, 0.1) is 12.8 Å². The molecule has 1 aliphatic heterocycles. The summed E-state index contributed by atoms with van der Waals surface area (Å²) in [6.45, 7) is 13.0.